The van der Waals surface area contributed by atoms with Crippen LogP contribution in [0.1, 0.15) is 29.8 Å². The molecule has 1 unspecified atom stereocenters. The molecule has 1 fully saturated rings. The fourth-order valence-electron chi connectivity index (χ4n) is 3.56. The van der Waals surface area contributed by atoms with Crippen molar-refractivity contribution in [2.45, 2.75) is 19.9 Å². The number of hydrogen-bond acceptors (Lipinski definition) is 7. The molecule has 198 valence electrons. The zero-order valence-electron chi connectivity index (χ0n) is 21.0. The largest absolute Gasteiger partial charge is 0.493 e. The number of morpholine rings is 1. The van der Waals surface area contributed by atoms with E-state index in [0.717, 1.165) is 0 Å². The van der Waals surface area contributed by atoms with Crippen molar-refractivity contribution in [3.05, 3.63) is 58.6 Å². The maximum Gasteiger partial charge on any atom is 0.262 e. The van der Waals surface area contributed by atoms with Crippen LogP contribution < -0.4 is 20.2 Å². The first kappa shape index (κ1) is 27.9. The summed E-state index contributed by atoms with van der Waals surface area (Å²) in [6, 6.07) is 10.7. The molecule has 0 radical (unpaired) electrons. The number of rotatable bonds is 10. The molecule has 37 heavy (non-hydrogen) atoms. The number of hydrazone groups is 1. The Hall–Kier alpha value is -3.63. The summed E-state index contributed by atoms with van der Waals surface area (Å²) in [5.74, 6) is -0.355. The molecule has 0 saturated carbocycles. The molecule has 0 spiro atoms. The molecule has 1 saturated heterocycles. The van der Waals surface area contributed by atoms with Gasteiger partial charge in [0, 0.05) is 23.7 Å². The molecular weight excluding hydrogens is 500 g/mol. The SMILES string of the molecule is COc1cc(C=NNC(=O)C(NC(=O)c2cccc(Cl)c2)C(C)C)ccc1OCC(=O)N1CCOCC1. The van der Waals surface area contributed by atoms with Gasteiger partial charge in [0.1, 0.15) is 6.04 Å². The number of halogens is 1. The van der Waals surface area contributed by atoms with Crippen molar-refractivity contribution >= 4 is 35.5 Å². The van der Waals surface area contributed by atoms with E-state index in [9.17, 15) is 14.4 Å². The van der Waals surface area contributed by atoms with Crippen LogP contribution in [0.15, 0.2) is 47.6 Å². The Morgan fingerprint density at radius 1 is 1.14 bits per heavy atom. The molecule has 2 aromatic rings. The fourth-order valence-corrected chi connectivity index (χ4v) is 3.75. The average molecular weight is 531 g/mol. The van der Waals surface area contributed by atoms with Gasteiger partial charge in [-0.2, -0.15) is 5.10 Å². The Labute approximate surface area is 220 Å². The molecule has 1 aliphatic heterocycles. The molecule has 1 aliphatic rings. The number of carbonyl (C=O) groups excluding carboxylic acids is 3. The van der Waals surface area contributed by atoms with Gasteiger partial charge in [0.05, 0.1) is 26.5 Å². The van der Waals surface area contributed by atoms with Crippen LogP contribution in [0.3, 0.4) is 0 Å². The lowest BCUT2D eigenvalue weighted by molar-refractivity contribution is -0.137. The first-order valence-electron chi connectivity index (χ1n) is 11.8. The molecule has 0 aliphatic carbocycles. The number of nitrogens with zero attached hydrogens (tertiary/aromatic N) is 2. The summed E-state index contributed by atoms with van der Waals surface area (Å²) in [6.07, 6.45) is 1.44. The maximum absolute atomic E-state index is 12.7. The topological polar surface area (TPSA) is 119 Å². The minimum Gasteiger partial charge on any atom is -0.493 e. The minimum atomic E-state index is -0.807. The summed E-state index contributed by atoms with van der Waals surface area (Å²) < 4.78 is 16.3. The third-order valence-corrected chi connectivity index (χ3v) is 5.85. The van der Waals surface area contributed by atoms with Crippen molar-refractivity contribution in [3.8, 4) is 11.5 Å². The van der Waals surface area contributed by atoms with Crippen molar-refractivity contribution in [2.24, 2.45) is 11.0 Å². The van der Waals surface area contributed by atoms with E-state index >= 15 is 0 Å². The molecule has 0 bridgehead atoms. The van der Waals surface area contributed by atoms with Crippen LogP contribution >= 0.6 is 11.6 Å². The van der Waals surface area contributed by atoms with E-state index in [1.165, 1.54) is 19.4 Å². The maximum atomic E-state index is 12.7. The monoisotopic (exact) mass is 530 g/mol. The molecule has 11 heteroatoms. The second kappa shape index (κ2) is 13.6. The van der Waals surface area contributed by atoms with Gasteiger partial charge < -0.3 is 24.4 Å². The van der Waals surface area contributed by atoms with Crippen LogP contribution in [0.2, 0.25) is 5.02 Å². The van der Waals surface area contributed by atoms with Gasteiger partial charge in [-0.05, 0) is 47.9 Å². The smallest absolute Gasteiger partial charge is 0.262 e. The van der Waals surface area contributed by atoms with Gasteiger partial charge in [0.15, 0.2) is 18.1 Å². The summed E-state index contributed by atoms with van der Waals surface area (Å²) in [5, 5.41) is 7.17. The first-order chi connectivity index (χ1) is 17.8. The molecule has 1 heterocycles. The third-order valence-electron chi connectivity index (χ3n) is 5.61. The van der Waals surface area contributed by atoms with Gasteiger partial charge >= 0.3 is 0 Å². The van der Waals surface area contributed by atoms with Crippen LogP contribution in [0.4, 0.5) is 0 Å². The van der Waals surface area contributed by atoms with Crippen molar-refractivity contribution in [1.29, 1.82) is 0 Å². The number of carbonyl (C=O) groups is 3. The van der Waals surface area contributed by atoms with Gasteiger partial charge in [0.25, 0.3) is 17.7 Å². The zero-order chi connectivity index (χ0) is 26.8. The van der Waals surface area contributed by atoms with E-state index in [2.05, 4.69) is 15.8 Å². The zero-order valence-corrected chi connectivity index (χ0v) is 21.8. The molecule has 3 rings (SSSR count). The van der Waals surface area contributed by atoms with Crippen LogP contribution in [0.5, 0.6) is 11.5 Å². The highest BCUT2D eigenvalue weighted by Gasteiger charge is 2.24. The first-order valence-corrected chi connectivity index (χ1v) is 12.2. The highest BCUT2D eigenvalue weighted by atomic mass is 35.5. The fraction of sp³-hybridized carbons (Fsp3) is 0.385. The quantitative estimate of drug-likeness (QED) is 0.360. The molecular formula is C26H31ClN4O6. The van der Waals surface area contributed by atoms with Crippen LogP contribution in [-0.2, 0) is 14.3 Å². The summed E-state index contributed by atoms with van der Waals surface area (Å²) >= 11 is 5.96. The van der Waals surface area contributed by atoms with Gasteiger partial charge in [-0.15, -0.1) is 0 Å². The predicted molar refractivity (Wildman–Crippen MR) is 139 cm³/mol. The molecule has 0 aromatic heterocycles. The number of methoxy groups -OCH3 is 1. The van der Waals surface area contributed by atoms with Crippen LogP contribution in [0, 0.1) is 5.92 Å². The highest BCUT2D eigenvalue weighted by molar-refractivity contribution is 6.31. The highest BCUT2D eigenvalue weighted by Crippen LogP contribution is 2.27. The third kappa shape index (κ3) is 8.19. The predicted octanol–water partition coefficient (Wildman–Crippen LogP) is 2.49. The van der Waals surface area contributed by atoms with Gasteiger partial charge in [-0.25, -0.2) is 5.43 Å². The van der Waals surface area contributed by atoms with Crippen molar-refractivity contribution in [3.63, 3.8) is 0 Å². The summed E-state index contributed by atoms with van der Waals surface area (Å²) in [6.45, 7) is 5.65. The average Bonchev–Trinajstić information content (AvgIpc) is 2.90. The normalized spacial score (nSPS) is 14.4. The lowest BCUT2D eigenvalue weighted by Crippen LogP contribution is -2.48. The Morgan fingerprint density at radius 2 is 1.89 bits per heavy atom. The molecule has 2 N–H and O–H groups in total. The Kier molecular flexibility index (Phi) is 10.3. The van der Waals surface area contributed by atoms with E-state index in [0.29, 0.717) is 54.0 Å². The van der Waals surface area contributed by atoms with Crippen LogP contribution in [-0.4, -0.2) is 74.9 Å². The van der Waals surface area contributed by atoms with Gasteiger partial charge in [0.2, 0.25) is 0 Å². The summed E-state index contributed by atoms with van der Waals surface area (Å²) in [7, 11) is 1.49. The number of hydrogen-bond donors (Lipinski definition) is 2. The van der Waals surface area contributed by atoms with Gasteiger partial charge in [-0.1, -0.05) is 31.5 Å². The number of ether oxygens (including phenoxy) is 3. The van der Waals surface area contributed by atoms with E-state index in [1.807, 2.05) is 13.8 Å². The number of amides is 3. The minimum absolute atomic E-state index is 0.114. The Morgan fingerprint density at radius 3 is 2.57 bits per heavy atom. The van der Waals surface area contributed by atoms with Crippen molar-refractivity contribution in [2.75, 3.05) is 40.0 Å². The molecule has 10 nitrogen and oxygen atoms in total. The van der Waals surface area contributed by atoms with Crippen LogP contribution in [0.25, 0.3) is 0 Å². The van der Waals surface area contributed by atoms with E-state index in [1.54, 1.807) is 41.3 Å². The molecule has 1 atom stereocenters. The molecule has 3 amide bonds. The second-order valence-electron chi connectivity index (χ2n) is 8.63. The van der Waals surface area contributed by atoms with E-state index in [4.69, 9.17) is 25.8 Å². The summed E-state index contributed by atoms with van der Waals surface area (Å²) in [4.78, 5) is 39.3. The molecule has 2 aromatic carbocycles. The standard InChI is InChI=1S/C26H31ClN4O6/c1-17(2)24(29-25(33)19-5-4-6-20(27)14-19)26(34)30-28-15-18-7-8-21(22(13-18)35-3)37-16-23(32)31-9-11-36-12-10-31/h4-8,13-15,17,24H,9-12,16H2,1-3H3,(H,29,33)(H,30,34). The van der Waals surface area contributed by atoms with E-state index < -0.39 is 17.9 Å². The second-order valence-corrected chi connectivity index (χ2v) is 9.07. The number of nitrogens with one attached hydrogen (secondary N) is 2. The summed E-state index contributed by atoms with van der Waals surface area (Å²) in [5.41, 5.74) is 3.46. The lowest BCUT2D eigenvalue weighted by Gasteiger charge is -2.26. The van der Waals surface area contributed by atoms with Crippen molar-refractivity contribution < 1.29 is 28.6 Å². The Bertz CT molecular complexity index is 1130. The Balaban J connectivity index is 1.57. The van der Waals surface area contributed by atoms with E-state index in [-0.39, 0.29) is 18.4 Å². The lowest BCUT2D eigenvalue weighted by atomic mass is 10.0. The van der Waals surface area contributed by atoms with Gasteiger partial charge in [-0.3, -0.25) is 14.4 Å². The number of benzene rings is 2. The van der Waals surface area contributed by atoms with Crippen molar-refractivity contribution in [1.82, 2.24) is 15.6 Å².